The van der Waals surface area contributed by atoms with Gasteiger partial charge >= 0.3 is 0 Å². The van der Waals surface area contributed by atoms with Crippen molar-refractivity contribution in [1.82, 2.24) is 14.9 Å². The normalized spacial score (nSPS) is 11.6. The fourth-order valence-electron chi connectivity index (χ4n) is 1.52. The molecule has 1 aromatic heterocycles. The number of nitrogens with one attached hydrogen (secondary N) is 1. The zero-order chi connectivity index (χ0) is 13.7. The Kier molecular flexibility index (Phi) is 4.28. The predicted octanol–water partition coefficient (Wildman–Crippen LogP) is 1.50. The third kappa shape index (κ3) is 3.62. The molecule has 19 heavy (non-hydrogen) atoms. The second-order valence-corrected chi connectivity index (χ2v) is 5.76. The van der Waals surface area contributed by atoms with Gasteiger partial charge in [-0.15, -0.1) is 0 Å². The van der Waals surface area contributed by atoms with Gasteiger partial charge in [0.25, 0.3) is 0 Å². The molecule has 102 valence electrons. The summed E-state index contributed by atoms with van der Waals surface area (Å²) in [7, 11) is -3.53. The molecule has 0 aliphatic heterocycles. The van der Waals surface area contributed by atoms with E-state index < -0.39 is 10.0 Å². The summed E-state index contributed by atoms with van der Waals surface area (Å²) in [6.07, 6.45) is 1.59. The molecule has 7 heteroatoms. The summed E-state index contributed by atoms with van der Waals surface area (Å²) in [5, 5.41) is 3.72. The maximum atomic E-state index is 11.9. The summed E-state index contributed by atoms with van der Waals surface area (Å²) in [4.78, 5) is 4.31. The third-order valence-corrected chi connectivity index (χ3v) is 3.86. The summed E-state index contributed by atoms with van der Waals surface area (Å²) >= 11 is 0. The van der Waals surface area contributed by atoms with Crippen molar-refractivity contribution in [3.63, 3.8) is 0 Å². The number of aryl methyl sites for hydroxylation is 1. The molecule has 0 atom stereocenters. The summed E-state index contributed by atoms with van der Waals surface area (Å²) in [5.74, 6) is 0.861. The highest BCUT2D eigenvalue weighted by Gasteiger charge is 2.14. The first-order valence-corrected chi connectivity index (χ1v) is 7.46. The number of hydrogen-bond donors (Lipinski definition) is 1. The molecular formula is C12H15N3O3S. The molecule has 0 spiro atoms. The lowest BCUT2D eigenvalue weighted by Crippen LogP contribution is -2.23. The smallest absolute Gasteiger partial charge is 0.240 e. The lowest BCUT2D eigenvalue weighted by molar-refractivity contribution is 0.371. The van der Waals surface area contributed by atoms with Crippen molar-refractivity contribution in [1.29, 1.82) is 0 Å². The van der Waals surface area contributed by atoms with Gasteiger partial charge in [-0.3, -0.25) is 0 Å². The van der Waals surface area contributed by atoms with Crippen molar-refractivity contribution in [2.75, 3.05) is 0 Å². The van der Waals surface area contributed by atoms with Gasteiger partial charge in [0.15, 0.2) is 5.82 Å². The first-order chi connectivity index (χ1) is 9.12. The number of aromatic nitrogens is 2. The zero-order valence-electron chi connectivity index (χ0n) is 10.5. The van der Waals surface area contributed by atoms with E-state index in [4.69, 9.17) is 4.52 Å². The minimum atomic E-state index is -3.53. The number of sulfonamides is 1. The molecule has 0 amide bonds. The van der Waals surface area contributed by atoms with Gasteiger partial charge in [-0.1, -0.05) is 30.3 Å². The quantitative estimate of drug-likeness (QED) is 0.867. The topological polar surface area (TPSA) is 85.1 Å². The van der Waals surface area contributed by atoms with Crippen molar-refractivity contribution in [3.8, 4) is 0 Å². The fraction of sp³-hybridized carbons (Fsp3) is 0.333. The molecule has 2 aromatic rings. The van der Waals surface area contributed by atoms with Gasteiger partial charge in [0.1, 0.15) is 0 Å². The molecule has 2 rings (SSSR count). The van der Waals surface area contributed by atoms with Crippen LogP contribution in [0.15, 0.2) is 39.8 Å². The lowest BCUT2D eigenvalue weighted by atomic mass is 10.3. The summed E-state index contributed by atoms with van der Waals surface area (Å²) in [6.45, 7) is 2.02. The Balaban J connectivity index is 2.01. The van der Waals surface area contributed by atoms with Crippen LogP contribution in [-0.2, 0) is 23.0 Å². The van der Waals surface area contributed by atoms with E-state index in [1.807, 2.05) is 6.92 Å². The maximum absolute atomic E-state index is 11.9. The minimum Gasteiger partial charge on any atom is -0.339 e. The predicted molar refractivity (Wildman–Crippen MR) is 68.8 cm³/mol. The highest BCUT2D eigenvalue weighted by Crippen LogP contribution is 2.08. The molecule has 0 unspecified atom stereocenters. The van der Waals surface area contributed by atoms with E-state index in [0.29, 0.717) is 18.1 Å². The van der Waals surface area contributed by atoms with Crippen LogP contribution in [0.4, 0.5) is 0 Å². The van der Waals surface area contributed by atoms with E-state index >= 15 is 0 Å². The monoisotopic (exact) mass is 281 g/mol. The Morgan fingerprint density at radius 1 is 1.26 bits per heavy atom. The van der Waals surface area contributed by atoms with Gasteiger partial charge in [-0.2, -0.15) is 4.98 Å². The van der Waals surface area contributed by atoms with Crippen molar-refractivity contribution in [3.05, 3.63) is 42.0 Å². The van der Waals surface area contributed by atoms with Gasteiger partial charge in [0.05, 0.1) is 11.4 Å². The Labute approximate surface area is 111 Å². The third-order valence-electron chi connectivity index (χ3n) is 2.45. The average molecular weight is 281 g/mol. The van der Waals surface area contributed by atoms with Gasteiger partial charge in [0, 0.05) is 6.42 Å². The molecular weight excluding hydrogens is 266 g/mol. The largest absolute Gasteiger partial charge is 0.339 e. The molecule has 0 bridgehead atoms. The van der Waals surface area contributed by atoms with Crippen LogP contribution in [-0.4, -0.2) is 18.6 Å². The van der Waals surface area contributed by atoms with Gasteiger partial charge in [-0.25, -0.2) is 13.1 Å². The van der Waals surface area contributed by atoms with E-state index in [9.17, 15) is 8.42 Å². The second-order valence-electron chi connectivity index (χ2n) is 3.99. The Hall–Kier alpha value is -1.73. The van der Waals surface area contributed by atoms with Crippen molar-refractivity contribution in [2.45, 2.75) is 31.2 Å². The molecule has 1 heterocycles. The molecule has 0 saturated heterocycles. The molecule has 0 radical (unpaired) electrons. The average Bonchev–Trinajstić information content (AvgIpc) is 2.86. The van der Waals surface area contributed by atoms with Crippen LogP contribution >= 0.6 is 0 Å². The van der Waals surface area contributed by atoms with Crippen LogP contribution in [0.5, 0.6) is 0 Å². The minimum absolute atomic E-state index is 0.0183. The number of benzene rings is 1. The van der Waals surface area contributed by atoms with Gasteiger partial charge < -0.3 is 4.52 Å². The van der Waals surface area contributed by atoms with E-state index in [1.54, 1.807) is 18.2 Å². The molecule has 0 saturated carbocycles. The van der Waals surface area contributed by atoms with Crippen molar-refractivity contribution < 1.29 is 12.9 Å². The number of rotatable bonds is 6. The Morgan fingerprint density at radius 3 is 2.68 bits per heavy atom. The first kappa shape index (κ1) is 13.7. The van der Waals surface area contributed by atoms with Crippen LogP contribution in [0.1, 0.15) is 25.1 Å². The zero-order valence-corrected chi connectivity index (χ0v) is 11.4. The molecule has 1 N–H and O–H groups in total. The highest BCUT2D eigenvalue weighted by molar-refractivity contribution is 7.89. The van der Waals surface area contributed by atoms with E-state index in [1.165, 1.54) is 12.1 Å². The van der Waals surface area contributed by atoms with Crippen LogP contribution < -0.4 is 4.72 Å². The summed E-state index contributed by atoms with van der Waals surface area (Å²) in [6, 6.07) is 8.15. The number of nitrogens with zero attached hydrogens (tertiary/aromatic N) is 2. The van der Waals surface area contributed by atoms with E-state index in [2.05, 4.69) is 14.9 Å². The SMILES string of the molecule is CCCc1nc(CNS(=O)(=O)c2ccccc2)no1. The Bertz CT molecular complexity index is 623. The maximum Gasteiger partial charge on any atom is 0.240 e. The van der Waals surface area contributed by atoms with Gasteiger partial charge in [-0.05, 0) is 18.6 Å². The van der Waals surface area contributed by atoms with E-state index in [-0.39, 0.29) is 11.4 Å². The molecule has 0 fully saturated rings. The van der Waals surface area contributed by atoms with Crippen LogP contribution in [0.25, 0.3) is 0 Å². The summed E-state index contributed by atoms with van der Waals surface area (Å²) < 4.78 is 31.3. The van der Waals surface area contributed by atoms with Gasteiger partial charge in [0.2, 0.25) is 15.9 Å². The summed E-state index contributed by atoms with van der Waals surface area (Å²) in [5.41, 5.74) is 0. The highest BCUT2D eigenvalue weighted by atomic mass is 32.2. The number of hydrogen-bond acceptors (Lipinski definition) is 5. The second kappa shape index (κ2) is 5.94. The molecule has 0 aliphatic carbocycles. The lowest BCUT2D eigenvalue weighted by Gasteiger charge is -2.03. The van der Waals surface area contributed by atoms with Crippen LogP contribution in [0.3, 0.4) is 0 Å². The standard InChI is InChI=1S/C12H15N3O3S/c1-2-6-12-14-11(15-18-12)9-13-19(16,17)10-7-4-3-5-8-10/h3-5,7-8,13H,2,6,9H2,1H3. The van der Waals surface area contributed by atoms with Crippen LogP contribution in [0.2, 0.25) is 0 Å². The van der Waals surface area contributed by atoms with Crippen molar-refractivity contribution in [2.24, 2.45) is 0 Å². The molecule has 1 aromatic carbocycles. The first-order valence-electron chi connectivity index (χ1n) is 5.98. The fourth-order valence-corrected chi connectivity index (χ4v) is 2.52. The van der Waals surface area contributed by atoms with Crippen LogP contribution in [0, 0.1) is 0 Å². The Morgan fingerprint density at radius 2 is 2.00 bits per heavy atom. The molecule has 6 nitrogen and oxygen atoms in total. The molecule has 0 aliphatic rings. The van der Waals surface area contributed by atoms with Crippen molar-refractivity contribution >= 4 is 10.0 Å². The van der Waals surface area contributed by atoms with E-state index in [0.717, 1.165) is 6.42 Å².